The maximum Gasteiger partial charge on any atom is 0.433 e. The highest BCUT2D eigenvalue weighted by molar-refractivity contribution is 5.76. The van der Waals surface area contributed by atoms with Gasteiger partial charge in [0.25, 0.3) is 0 Å². The summed E-state index contributed by atoms with van der Waals surface area (Å²) in [6, 6.07) is 0.819. The number of anilines is 1. The Morgan fingerprint density at radius 2 is 2.04 bits per heavy atom. The average Bonchev–Trinajstić information content (AvgIpc) is 2.46. The second kappa shape index (κ2) is 7.14. The fraction of sp³-hybridized carbons (Fsp3) is 0.667. The number of aromatic nitrogens is 2. The first-order valence-corrected chi connectivity index (χ1v) is 7.70. The molecule has 8 heteroatoms. The van der Waals surface area contributed by atoms with Gasteiger partial charge >= 0.3 is 6.18 Å². The van der Waals surface area contributed by atoms with Crippen molar-refractivity contribution in [1.82, 2.24) is 14.9 Å². The molecule has 1 aromatic rings. The number of halogens is 3. The lowest BCUT2D eigenvalue weighted by atomic mass is 10.0. The maximum atomic E-state index is 12.6. The van der Waals surface area contributed by atoms with Gasteiger partial charge in [-0.1, -0.05) is 13.8 Å². The van der Waals surface area contributed by atoms with E-state index in [0.29, 0.717) is 38.3 Å². The van der Waals surface area contributed by atoms with E-state index in [0.717, 1.165) is 12.3 Å². The van der Waals surface area contributed by atoms with Crippen molar-refractivity contribution in [2.75, 3.05) is 18.4 Å². The van der Waals surface area contributed by atoms with Gasteiger partial charge in [0.2, 0.25) is 11.9 Å². The van der Waals surface area contributed by atoms with Crippen LogP contribution in [0.2, 0.25) is 0 Å². The smallest absolute Gasteiger partial charge is 0.351 e. The summed E-state index contributed by atoms with van der Waals surface area (Å²) < 4.78 is 37.9. The fourth-order valence-electron chi connectivity index (χ4n) is 2.52. The first-order valence-electron chi connectivity index (χ1n) is 7.70. The molecule has 0 atom stereocenters. The van der Waals surface area contributed by atoms with Crippen molar-refractivity contribution in [1.29, 1.82) is 0 Å². The first-order chi connectivity index (χ1) is 10.8. The number of likely N-dealkylation sites (tertiary alicyclic amines) is 1. The highest BCUT2D eigenvalue weighted by atomic mass is 19.4. The molecule has 5 nitrogen and oxygen atoms in total. The monoisotopic (exact) mass is 330 g/mol. The van der Waals surface area contributed by atoms with Crippen LogP contribution in [-0.4, -0.2) is 39.9 Å². The molecule has 0 saturated carbocycles. The zero-order valence-electron chi connectivity index (χ0n) is 13.2. The van der Waals surface area contributed by atoms with Gasteiger partial charge in [-0.15, -0.1) is 0 Å². The molecule has 1 aliphatic rings. The Balaban J connectivity index is 1.88. The van der Waals surface area contributed by atoms with E-state index in [1.807, 2.05) is 18.7 Å². The molecule has 1 amide bonds. The Morgan fingerprint density at radius 1 is 1.39 bits per heavy atom. The molecular formula is C15H21F3N4O. The highest BCUT2D eigenvalue weighted by Gasteiger charge is 2.33. The Labute approximate surface area is 133 Å². The summed E-state index contributed by atoms with van der Waals surface area (Å²) >= 11 is 0. The lowest BCUT2D eigenvalue weighted by Crippen LogP contribution is -2.42. The minimum Gasteiger partial charge on any atom is -0.351 e. The average molecular weight is 330 g/mol. The van der Waals surface area contributed by atoms with Gasteiger partial charge in [-0.2, -0.15) is 13.2 Å². The number of alkyl halides is 3. The highest BCUT2D eigenvalue weighted by Crippen LogP contribution is 2.27. The van der Waals surface area contributed by atoms with Crippen LogP contribution < -0.4 is 5.32 Å². The first kappa shape index (κ1) is 17.5. The van der Waals surface area contributed by atoms with E-state index in [1.54, 1.807) is 0 Å². The summed E-state index contributed by atoms with van der Waals surface area (Å²) in [6.45, 7) is 5.19. The van der Waals surface area contributed by atoms with Crippen LogP contribution >= 0.6 is 0 Å². The van der Waals surface area contributed by atoms with Crippen molar-refractivity contribution in [3.05, 3.63) is 18.0 Å². The number of amides is 1. The van der Waals surface area contributed by atoms with Gasteiger partial charge in [-0.3, -0.25) is 4.79 Å². The summed E-state index contributed by atoms with van der Waals surface area (Å²) in [5.41, 5.74) is -0.959. The van der Waals surface area contributed by atoms with Crippen LogP contribution in [0.1, 0.15) is 38.8 Å². The number of nitrogens with one attached hydrogen (secondary N) is 1. The molecule has 128 valence electrons. The van der Waals surface area contributed by atoms with Crippen LogP contribution in [-0.2, 0) is 11.0 Å². The number of rotatable bonds is 4. The van der Waals surface area contributed by atoms with Gasteiger partial charge in [-0.05, 0) is 24.8 Å². The number of hydrogen-bond donors (Lipinski definition) is 1. The van der Waals surface area contributed by atoms with Crippen molar-refractivity contribution in [3.63, 3.8) is 0 Å². The summed E-state index contributed by atoms with van der Waals surface area (Å²) in [4.78, 5) is 21.1. The van der Waals surface area contributed by atoms with Gasteiger partial charge in [0.15, 0.2) is 0 Å². The Bertz CT molecular complexity index is 540. The maximum absolute atomic E-state index is 12.6. The van der Waals surface area contributed by atoms with Crippen LogP contribution in [0.25, 0.3) is 0 Å². The van der Waals surface area contributed by atoms with Crippen molar-refractivity contribution >= 4 is 11.9 Å². The second-order valence-electron chi connectivity index (χ2n) is 6.16. The fourth-order valence-corrected chi connectivity index (χ4v) is 2.52. The zero-order chi connectivity index (χ0) is 17.0. The van der Waals surface area contributed by atoms with E-state index in [4.69, 9.17) is 0 Å². The van der Waals surface area contributed by atoms with Gasteiger partial charge in [-0.25, -0.2) is 9.97 Å². The molecule has 1 fully saturated rings. The summed E-state index contributed by atoms with van der Waals surface area (Å²) in [7, 11) is 0. The molecule has 0 spiro atoms. The number of hydrogen-bond acceptors (Lipinski definition) is 4. The SMILES string of the molecule is CC(C)CC(=O)N1CCC(Nc2nccc(C(F)(F)F)n2)CC1. The topological polar surface area (TPSA) is 58.1 Å². The zero-order valence-corrected chi connectivity index (χ0v) is 13.2. The third kappa shape index (κ3) is 5.07. The lowest BCUT2D eigenvalue weighted by molar-refractivity contribution is -0.141. The van der Waals surface area contributed by atoms with Crippen LogP contribution in [0.3, 0.4) is 0 Å². The summed E-state index contributed by atoms with van der Waals surface area (Å²) in [5.74, 6) is 0.428. The van der Waals surface area contributed by atoms with E-state index in [-0.39, 0.29) is 17.9 Å². The van der Waals surface area contributed by atoms with Gasteiger partial charge in [0.1, 0.15) is 5.69 Å². The van der Waals surface area contributed by atoms with Crippen LogP contribution in [0.15, 0.2) is 12.3 Å². The Kier molecular flexibility index (Phi) is 5.43. The third-order valence-electron chi connectivity index (χ3n) is 3.71. The molecule has 0 aromatic carbocycles. The van der Waals surface area contributed by atoms with E-state index in [2.05, 4.69) is 15.3 Å². The van der Waals surface area contributed by atoms with Crippen LogP contribution in [0, 0.1) is 5.92 Å². The largest absolute Gasteiger partial charge is 0.433 e. The van der Waals surface area contributed by atoms with Crippen molar-refractivity contribution in [2.24, 2.45) is 5.92 Å². The quantitative estimate of drug-likeness (QED) is 0.922. The molecule has 1 aliphatic heterocycles. The predicted molar refractivity (Wildman–Crippen MR) is 79.7 cm³/mol. The summed E-state index contributed by atoms with van der Waals surface area (Å²) in [6.07, 6.45) is -1.52. The Morgan fingerprint density at radius 3 is 2.61 bits per heavy atom. The van der Waals surface area contributed by atoms with Gasteiger partial charge in [0.05, 0.1) is 0 Å². The molecular weight excluding hydrogens is 309 g/mol. The molecule has 23 heavy (non-hydrogen) atoms. The van der Waals surface area contributed by atoms with Crippen molar-refractivity contribution in [3.8, 4) is 0 Å². The molecule has 0 radical (unpaired) electrons. The molecule has 0 bridgehead atoms. The van der Waals surface area contributed by atoms with E-state index < -0.39 is 11.9 Å². The molecule has 2 heterocycles. The van der Waals surface area contributed by atoms with Gasteiger partial charge < -0.3 is 10.2 Å². The molecule has 1 aromatic heterocycles. The van der Waals surface area contributed by atoms with E-state index in [9.17, 15) is 18.0 Å². The van der Waals surface area contributed by atoms with Gasteiger partial charge in [0, 0.05) is 31.7 Å². The number of carbonyl (C=O) groups excluding carboxylic acids is 1. The second-order valence-corrected chi connectivity index (χ2v) is 6.16. The summed E-state index contributed by atoms with van der Waals surface area (Å²) in [5, 5.41) is 2.93. The van der Waals surface area contributed by atoms with Crippen LogP contribution in [0.5, 0.6) is 0 Å². The van der Waals surface area contributed by atoms with E-state index in [1.165, 1.54) is 0 Å². The van der Waals surface area contributed by atoms with Crippen molar-refractivity contribution in [2.45, 2.75) is 45.3 Å². The molecule has 2 rings (SSSR count). The number of piperidine rings is 1. The molecule has 0 aliphatic carbocycles. The number of carbonyl (C=O) groups is 1. The minimum absolute atomic E-state index is 0.0215. The van der Waals surface area contributed by atoms with Crippen molar-refractivity contribution < 1.29 is 18.0 Å². The lowest BCUT2D eigenvalue weighted by Gasteiger charge is -2.32. The predicted octanol–water partition coefficient (Wildman–Crippen LogP) is 2.94. The normalized spacial score (nSPS) is 16.7. The number of nitrogens with zero attached hydrogens (tertiary/aromatic N) is 3. The Hall–Kier alpha value is -1.86. The molecule has 1 N–H and O–H groups in total. The standard InChI is InChI=1S/C15H21F3N4O/c1-10(2)9-13(23)22-7-4-11(5-8-22)20-14-19-6-3-12(21-14)15(16,17)18/h3,6,10-11H,4-5,7-9H2,1-2H3,(H,19,20,21). The van der Waals surface area contributed by atoms with E-state index >= 15 is 0 Å². The third-order valence-corrected chi connectivity index (χ3v) is 3.71. The minimum atomic E-state index is -4.48. The van der Waals surface area contributed by atoms with Crippen LogP contribution in [0.4, 0.5) is 19.1 Å². The molecule has 0 unspecified atom stereocenters. The molecule has 1 saturated heterocycles.